The summed E-state index contributed by atoms with van der Waals surface area (Å²) in [4.78, 5) is 111. The lowest BCUT2D eigenvalue weighted by Crippen LogP contribution is -2.67. The molecule has 0 aliphatic carbocycles. The quantitative estimate of drug-likeness (QED) is 0.0936. The Hall–Kier alpha value is -6.42. The largest absolute Gasteiger partial charge is 0.463 e. The highest BCUT2D eigenvalue weighted by molar-refractivity contribution is 5.87. The third-order valence-electron chi connectivity index (χ3n) is 8.18. The third-order valence-corrected chi connectivity index (χ3v) is 8.18. The predicted molar refractivity (Wildman–Crippen MR) is 192 cm³/mol. The first-order valence-corrected chi connectivity index (χ1v) is 17.4. The summed E-state index contributed by atoms with van der Waals surface area (Å²) in [6, 6.07) is 4.32. The minimum atomic E-state index is -1.55. The van der Waals surface area contributed by atoms with Gasteiger partial charge in [0.25, 0.3) is 11.2 Å². The van der Waals surface area contributed by atoms with Gasteiger partial charge in [0.1, 0.15) is 30.6 Å². The van der Waals surface area contributed by atoms with E-state index in [-0.39, 0.29) is 41.5 Å². The molecule has 2 N–H and O–H groups in total. The summed E-state index contributed by atoms with van der Waals surface area (Å²) in [5.74, 6) is -4.47. The van der Waals surface area contributed by atoms with Gasteiger partial charge in [-0.25, -0.2) is 9.97 Å². The summed E-state index contributed by atoms with van der Waals surface area (Å²) in [6.07, 6.45) is -7.00. The summed E-state index contributed by atoms with van der Waals surface area (Å²) in [6.45, 7) is 7.66. The van der Waals surface area contributed by atoms with E-state index in [1.807, 2.05) is 0 Å². The van der Waals surface area contributed by atoms with Gasteiger partial charge in [0.15, 0.2) is 35.8 Å². The van der Waals surface area contributed by atoms with Crippen LogP contribution < -0.4 is 16.2 Å². The molecule has 1 aliphatic heterocycles. The van der Waals surface area contributed by atoms with Crippen molar-refractivity contribution in [1.29, 1.82) is 0 Å². The van der Waals surface area contributed by atoms with Crippen LogP contribution in [-0.2, 0) is 70.2 Å². The number of esters is 4. The molecule has 7 atom stereocenters. The molecule has 0 saturated carbocycles. The van der Waals surface area contributed by atoms with Crippen LogP contribution >= 0.6 is 0 Å². The summed E-state index contributed by atoms with van der Waals surface area (Å²) in [7, 11) is 0. The van der Waals surface area contributed by atoms with E-state index in [0.717, 1.165) is 45.4 Å². The number of nitro benzene ring substituents is 1. The number of hydrogen-bond donors (Lipinski definition) is 2. The second kappa shape index (κ2) is 18.9. The number of nitrogens with zero attached hydrogens (tertiary/aromatic N) is 5. The zero-order valence-electron chi connectivity index (χ0n) is 31.9. The maximum Gasteiger partial charge on any atom is 0.303 e. The van der Waals surface area contributed by atoms with Crippen molar-refractivity contribution in [3.63, 3.8) is 0 Å². The molecule has 22 nitrogen and oxygen atoms in total. The molecule has 3 aromatic rings. The van der Waals surface area contributed by atoms with Gasteiger partial charge in [-0.05, 0) is 18.9 Å². The van der Waals surface area contributed by atoms with Gasteiger partial charge >= 0.3 is 23.9 Å². The second-order valence-electron chi connectivity index (χ2n) is 12.8. The number of nitrogens with one attached hydrogen (secondary N) is 2. The smallest absolute Gasteiger partial charge is 0.303 e. The average molecular weight is 800 g/mol. The Morgan fingerprint density at radius 3 is 2.12 bits per heavy atom. The van der Waals surface area contributed by atoms with Crippen LogP contribution in [0.1, 0.15) is 65.8 Å². The number of amides is 2. The fourth-order valence-corrected chi connectivity index (χ4v) is 5.89. The molecule has 1 fully saturated rings. The van der Waals surface area contributed by atoms with Crippen molar-refractivity contribution in [3.05, 3.63) is 62.2 Å². The van der Waals surface area contributed by atoms with Crippen molar-refractivity contribution >= 4 is 58.5 Å². The highest BCUT2D eigenvalue weighted by atomic mass is 16.7. The molecule has 0 unspecified atom stereocenters. The first-order chi connectivity index (χ1) is 26.8. The summed E-state index contributed by atoms with van der Waals surface area (Å²) in [5, 5.41) is 16.2. The van der Waals surface area contributed by atoms with E-state index >= 15 is 0 Å². The van der Waals surface area contributed by atoms with Gasteiger partial charge < -0.3 is 33.7 Å². The Balaban J connectivity index is 1.75. The summed E-state index contributed by atoms with van der Waals surface area (Å²) >= 11 is 0. The normalized spacial score (nSPS) is 20.0. The second-order valence-corrected chi connectivity index (χ2v) is 12.8. The predicted octanol–water partition coefficient (Wildman–Crippen LogP) is 0.961. The van der Waals surface area contributed by atoms with E-state index < -0.39 is 95.6 Å². The third kappa shape index (κ3) is 11.5. The number of anilines is 1. The first-order valence-electron chi connectivity index (χ1n) is 17.4. The fraction of sp³-hybridized carbons (Fsp3) is 0.486. The van der Waals surface area contributed by atoms with E-state index in [9.17, 15) is 43.7 Å². The molecular weight excluding hydrogens is 758 g/mol. The molecule has 1 saturated heterocycles. The topological polar surface area (TPSA) is 286 Å². The fourth-order valence-electron chi connectivity index (χ4n) is 5.89. The maximum absolute atomic E-state index is 14.0. The first kappa shape index (κ1) is 43.3. The van der Waals surface area contributed by atoms with Gasteiger partial charge in [-0.1, -0.05) is 12.1 Å². The highest BCUT2D eigenvalue weighted by Gasteiger charge is 2.52. The molecule has 0 bridgehead atoms. The molecule has 4 rings (SSSR count). The zero-order chi connectivity index (χ0) is 42.1. The van der Waals surface area contributed by atoms with Crippen LogP contribution in [0.2, 0.25) is 0 Å². The maximum atomic E-state index is 14.0. The van der Waals surface area contributed by atoms with Crippen LogP contribution in [0.25, 0.3) is 11.2 Å². The molecule has 306 valence electrons. The molecule has 0 spiro atoms. The van der Waals surface area contributed by atoms with Gasteiger partial charge in [0.05, 0.1) is 11.1 Å². The molecule has 1 aromatic carbocycles. The SMILES string of the molecule is CC(=O)Nc1nc2ncc([C@@H](OC(C)=O)[C@H](C)O[C@@H]3O[C@H](COC(C)=O)[C@@H](OC(C)=O)[C@H](OC(C)=O)[C@H]3NC(C)=O)nc2c(=O)n1CCc1ccc([N+](=O)[O-])cc1. The highest BCUT2D eigenvalue weighted by Crippen LogP contribution is 2.32. The minimum Gasteiger partial charge on any atom is -0.463 e. The average Bonchev–Trinajstić information content (AvgIpc) is 3.11. The van der Waals surface area contributed by atoms with Crippen molar-refractivity contribution in [2.45, 2.75) is 104 Å². The Bertz CT molecular complexity index is 2090. The number of ether oxygens (including phenoxy) is 6. The number of carbonyl (C=O) groups is 6. The van der Waals surface area contributed by atoms with Crippen LogP contribution in [0.5, 0.6) is 0 Å². The zero-order valence-corrected chi connectivity index (χ0v) is 31.9. The van der Waals surface area contributed by atoms with E-state index in [1.165, 1.54) is 38.1 Å². The number of rotatable bonds is 15. The van der Waals surface area contributed by atoms with Crippen molar-refractivity contribution in [3.8, 4) is 0 Å². The van der Waals surface area contributed by atoms with E-state index in [0.29, 0.717) is 5.56 Å². The van der Waals surface area contributed by atoms with Crippen molar-refractivity contribution in [2.75, 3.05) is 11.9 Å². The lowest BCUT2D eigenvalue weighted by molar-refractivity contribution is -0.384. The van der Waals surface area contributed by atoms with E-state index in [2.05, 4.69) is 25.6 Å². The number of nitro groups is 1. The van der Waals surface area contributed by atoms with Gasteiger partial charge in [0.2, 0.25) is 17.8 Å². The van der Waals surface area contributed by atoms with Crippen LogP contribution in [0, 0.1) is 10.1 Å². The van der Waals surface area contributed by atoms with Crippen molar-refractivity contribution in [2.24, 2.45) is 0 Å². The lowest BCUT2D eigenvalue weighted by Gasteiger charge is -2.45. The molecule has 1 aliphatic rings. The molecular formula is C35H41N7O15. The molecule has 2 aromatic heterocycles. The molecule has 0 radical (unpaired) electrons. The number of benzene rings is 1. The van der Waals surface area contributed by atoms with Crippen LogP contribution in [-0.4, -0.2) is 103 Å². The lowest BCUT2D eigenvalue weighted by atomic mass is 9.95. The number of non-ortho nitro benzene ring substituents is 1. The summed E-state index contributed by atoms with van der Waals surface area (Å²) < 4.78 is 35.1. The van der Waals surface area contributed by atoms with E-state index in [1.54, 1.807) is 0 Å². The molecule has 57 heavy (non-hydrogen) atoms. The molecule has 2 amide bonds. The number of aryl methyl sites for hydroxylation is 1. The van der Waals surface area contributed by atoms with Gasteiger partial charge in [-0.2, -0.15) is 4.98 Å². The van der Waals surface area contributed by atoms with Crippen molar-refractivity contribution < 1.29 is 62.1 Å². The number of carbonyl (C=O) groups excluding carboxylic acids is 6. The van der Waals surface area contributed by atoms with E-state index in [4.69, 9.17) is 28.4 Å². The Labute approximate surface area is 323 Å². The molecule has 22 heteroatoms. The van der Waals surface area contributed by atoms with Gasteiger partial charge in [0, 0.05) is 60.2 Å². The monoisotopic (exact) mass is 799 g/mol. The van der Waals surface area contributed by atoms with Gasteiger partial charge in [-0.3, -0.25) is 53.6 Å². The number of aromatic nitrogens is 4. The van der Waals surface area contributed by atoms with Crippen LogP contribution in [0.15, 0.2) is 35.3 Å². The minimum absolute atomic E-state index is 0.0517. The van der Waals surface area contributed by atoms with Gasteiger partial charge in [-0.15, -0.1) is 0 Å². The van der Waals surface area contributed by atoms with Crippen molar-refractivity contribution in [1.82, 2.24) is 24.8 Å². The summed E-state index contributed by atoms with van der Waals surface area (Å²) in [5.41, 5.74) is -0.801. The van der Waals surface area contributed by atoms with Crippen LogP contribution in [0.4, 0.5) is 11.6 Å². The Morgan fingerprint density at radius 2 is 1.56 bits per heavy atom. The standard InChI is InChI=1S/C35H41N7O15/c1-16(53-34-27(37-17(2)43)31(56-22(7)48)30(55-21(6)47)26(57-34)15-52-19(4)45)29(54-20(5)46)25-14-36-32-28(39-25)33(49)41(35(40-32)38-18(3)44)13-12-23-8-10-24(11-9-23)42(50)51/h8-11,14,16,26-27,29-31,34H,12-13,15H2,1-7H3,(H,37,43)(H,36,38,40,44)/t16-,26+,27+,29-,30+,31+,34+/m0/s1. The Morgan fingerprint density at radius 1 is 0.912 bits per heavy atom. The number of fused-ring (bicyclic) bond motifs is 1. The number of hydrogen-bond acceptors (Lipinski definition) is 18. The Kier molecular flexibility index (Phi) is 14.4. The van der Waals surface area contributed by atoms with Crippen LogP contribution in [0.3, 0.4) is 0 Å². The molecule has 3 heterocycles.